The molecule has 0 radical (unpaired) electrons. The second kappa shape index (κ2) is 16.9. The number of halogens is 1. The summed E-state index contributed by atoms with van der Waals surface area (Å²) in [6.45, 7) is 10.8. The molecule has 3 aliphatic heterocycles. The maximum Gasteiger partial charge on any atom is 0.405 e. The molecule has 6 rings (SSSR count). The SMILES string of the molecule is CC(C)(C)[C@H](NC(=O)O)C(=O)N1CCC[C@@]1(C(N)=O)c1cccc([C@H]2CC[C@H](c3cccc([C@]4(C(N)=O)CCCN4C(=O)[C@@H](NC(=O)O)C(C)(C)C)c3)N2c2ccc(F)cc2)c1. The van der Waals surface area contributed by atoms with Crippen LogP contribution in [0.3, 0.4) is 0 Å². The van der Waals surface area contributed by atoms with E-state index in [1.807, 2.05) is 24.3 Å². The fourth-order valence-corrected chi connectivity index (χ4v) is 9.93. The molecule has 6 amide bonds. The standard InChI is InChI=1S/C46H58FN7O8/c1-43(2,3)35(50-41(59)60)37(55)52-23-9-21-45(52,39(48)57)29-13-7-11-27(25-29)33-19-20-34(54(33)32-17-15-31(47)16-18-32)28-12-8-14-30(26-28)46(40(49)58)22-10-24-53(46)38(56)36(44(4,5)6)51-42(61)62/h7-8,11-18,25-26,33-36,50-51H,9-10,19-24H2,1-6H3,(H2,48,57)(H2,49,58)(H,59,60)(H,61,62)/t33-,34-,35-,36-,45+,46+/m1/s1. The second-order valence-electron chi connectivity index (χ2n) is 18.9. The number of amides is 6. The van der Waals surface area contributed by atoms with Crippen LogP contribution in [-0.4, -0.2) is 81.0 Å². The van der Waals surface area contributed by atoms with Crippen molar-refractivity contribution < 1.29 is 43.4 Å². The number of carbonyl (C=O) groups is 6. The third-order valence-electron chi connectivity index (χ3n) is 12.9. The van der Waals surface area contributed by atoms with E-state index in [0.717, 1.165) is 11.1 Å². The third kappa shape index (κ3) is 8.26. The number of hydrogen-bond donors (Lipinski definition) is 6. The van der Waals surface area contributed by atoms with E-state index in [4.69, 9.17) is 11.5 Å². The number of hydrogen-bond acceptors (Lipinski definition) is 7. The molecule has 8 N–H and O–H groups in total. The average Bonchev–Trinajstić information content (AvgIpc) is 3.97. The number of primary amides is 2. The Kier molecular flexibility index (Phi) is 12.4. The van der Waals surface area contributed by atoms with Crippen LogP contribution < -0.4 is 27.0 Å². The highest BCUT2D eigenvalue weighted by atomic mass is 19.1. The third-order valence-corrected chi connectivity index (χ3v) is 12.9. The topological polar surface area (TPSA) is 229 Å². The van der Waals surface area contributed by atoms with Gasteiger partial charge < -0.3 is 47.0 Å². The molecular weight excluding hydrogens is 798 g/mol. The molecule has 0 saturated carbocycles. The molecule has 3 aromatic rings. The van der Waals surface area contributed by atoms with Crippen LogP contribution in [0.4, 0.5) is 19.7 Å². The normalized spacial score (nSPS) is 23.8. The second-order valence-corrected chi connectivity index (χ2v) is 18.9. The number of rotatable bonds is 11. The molecule has 3 heterocycles. The molecule has 332 valence electrons. The van der Waals surface area contributed by atoms with Gasteiger partial charge in [0.15, 0.2) is 0 Å². The predicted octanol–water partition coefficient (Wildman–Crippen LogP) is 5.88. The molecule has 0 spiro atoms. The van der Waals surface area contributed by atoms with Crippen molar-refractivity contribution in [3.05, 3.63) is 101 Å². The molecule has 3 aliphatic rings. The van der Waals surface area contributed by atoms with Gasteiger partial charge in [-0.15, -0.1) is 0 Å². The van der Waals surface area contributed by atoms with Crippen LogP contribution in [0.25, 0.3) is 0 Å². The first kappa shape index (κ1) is 45.3. The molecule has 0 bridgehead atoms. The zero-order chi connectivity index (χ0) is 45.5. The number of anilines is 1. The summed E-state index contributed by atoms with van der Waals surface area (Å²) in [4.78, 5) is 84.6. The minimum absolute atomic E-state index is 0.187. The van der Waals surface area contributed by atoms with Crippen LogP contribution in [0.1, 0.15) is 114 Å². The van der Waals surface area contributed by atoms with Crippen molar-refractivity contribution in [3.63, 3.8) is 0 Å². The average molecular weight is 856 g/mol. The number of carbonyl (C=O) groups excluding carboxylic acids is 4. The van der Waals surface area contributed by atoms with Gasteiger partial charge >= 0.3 is 12.2 Å². The van der Waals surface area contributed by atoms with Crippen molar-refractivity contribution in [2.24, 2.45) is 22.3 Å². The van der Waals surface area contributed by atoms with Crippen LogP contribution >= 0.6 is 0 Å². The molecule has 3 saturated heterocycles. The summed E-state index contributed by atoms with van der Waals surface area (Å²) in [5, 5.41) is 24.0. The number of benzene rings is 3. The van der Waals surface area contributed by atoms with Crippen molar-refractivity contribution in [1.29, 1.82) is 0 Å². The molecule has 0 aliphatic carbocycles. The van der Waals surface area contributed by atoms with Crippen LogP contribution in [0.5, 0.6) is 0 Å². The van der Waals surface area contributed by atoms with Gasteiger partial charge in [0.05, 0.1) is 12.1 Å². The number of nitrogens with one attached hydrogen (secondary N) is 2. The van der Waals surface area contributed by atoms with E-state index in [2.05, 4.69) is 15.5 Å². The number of likely N-dealkylation sites (tertiary alicyclic amines) is 2. The van der Waals surface area contributed by atoms with Gasteiger partial charge in [0, 0.05) is 18.8 Å². The van der Waals surface area contributed by atoms with Gasteiger partial charge in [0.2, 0.25) is 23.6 Å². The zero-order valence-electron chi connectivity index (χ0n) is 36.1. The highest BCUT2D eigenvalue weighted by Gasteiger charge is 2.54. The summed E-state index contributed by atoms with van der Waals surface area (Å²) in [5.74, 6) is -3.02. The van der Waals surface area contributed by atoms with Gasteiger partial charge in [0.1, 0.15) is 29.0 Å². The van der Waals surface area contributed by atoms with Crippen LogP contribution in [0.15, 0.2) is 72.8 Å². The lowest BCUT2D eigenvalue weighted by molar-refractivity contribution is -0.147. The first-order valence-electron chi connectivity index (χ1n) is 21.0. The van der Waals surface area contributed by atoms with Gasteiger partial charge in [-0.25, -0.2) is 14.0 Å². The Morgan fingerprint density at radius 2 is 1.05 bits per heavy atom. The summed E-state index contributed by atoms with van der Waals surface area (Å²) < 4.78 is 14.5. The number of nitrogens with zero attached hydrogens (tertiary/aromatic N) is 3. The number of nitrogens with two attached hydrogens (primary N) is 2. The van der Waals surface area contributed by atoms with Gasteiger partial charge in [-0.2, -0.15) is 0 Å². The van der Waals surface area contributed by atoms with Gasteiger partial charge in [-0.1, -0.05) is 90.1 Å². The van der Waals surface area contributed by atoms with Crippen LogP contribution in [0, 0.1) is 16.6 Å². The molecule has 62 heavy (non-hydrogen) atoms. The smallest absolute Gasteiger partial charge is 0.405 e. The van der Waals surface area contributed by atoms with Crippen molar-refractivity contribution in [2.45, 2.75) is 115 Å². The van der Waals surface area contributed by atoms with E-state index in [9.17, 15) is 43.4 Å². The maximum atomic E-state index is 14.5. The van der Waals surface area contributed by atoms with E-state index >= 15 is 0 Å². The Morgan fingerprint density at radius 3 is 1.39 bits per heavy atom. The molecule has 16 heteroatoms. The molecule has 6 atom stereocenters. The van der Waals surface area contributed by atoms with E-state index in [1.165, 1.54) is 21.9 Å². The molecule has 3 fully saturated rings. The zero-order valence-corrected chi connectivity index (χ0v) is 36.1. The lowest BCUT2D eigenvalue weighted by Gasteiger charge is -2.41. The monoisotopic (exact) mass is 855 g/mol. The highest BCUT2D eigenvalue weighted by Crippen LogP contribution is 2.50. The first-order chi connectivity index (χ1) is 29.0. The summed E-state index contributed by atoms with van der Waals surface area (Å²) in [6, 6.07) is 17.8. The Balaban J connectivity index is 1.42. The van der Waals surface area contributed by atoms with E-state index in [1.54, 1.807) is 77.9 Å². The van der Waals surface area contributed by atoms with E-state index in [0.29, 0.717) is 42.5 Å². The largest absolute Gasteiger partial charge is 0.465 e. The molecule has 0 unspecified atom stereocenters. The summed E-state index contributed by atoms with van der Waals surface area (Å²) in [7, 11) is 0. The lowest BCUT2D eigenvalue weighted by atomic mass is 9.81. The first-order valence-corrected chi connectivity index (χ1v) is 21.0. The maximum absolute atomic E-state index is 14.5. The Hall–Kier alpha value is -6.19. The molecule has 15 nitrogen and oxygen atoms in total. The Labute approximate surface area is 361 Å². The van der Waals surface area contributed by atoms with Crippen LogP contribution in [0.2, 0.25) is 0 Å². The summed E-state index contributed by atoms with van der Waals surface area (Å²) >= 11 is 0. The fourth-order valence-electron chi connectivity index (χ4n) is 9.93. The van der Waals surface area contributed by atoms with Crippen molar-refractivity contribution in [2.75, 3.05) is 18.0 Å². The minimum Gasteiger partial charge on any atom is -0.465 e. The van der Waals surface area contributed by atoms with Gasteiger partial charge in [-0.3, -0.25) is 19.2 Å². The molecule has 0 aromatic heterocycles. The van der Waals surface area contributed by atoms with Crippen LogP contribution in [-0.2, 0) is 30.3 Å². The number of carboxylic acid groups (broad SMARTS) is 2. The summed E-state index contributed by atoms with van der Waals surface area (Å²) in [6.07, 6.45) is -0.183. The summed E-state index contributed by atoms with van der Waals surface area (Å²) in [5.41, 5.74) is 10.9. The minimum atomic E-state index is -1.57. The fraction of sp³-hybridized carbons (Fsp3) is 0.478. The van der Waals surface area contributed by atoms with Crippen molar-refractivity contribution in [3.8, 4) is 0 Å². The quantitative estimate of drug-likeness (QED) is 0.135. The predicted molar refractivity (Wildman–Crippen MR) is 229 cm³/mol. The molecular formula is C46H58FN7O8. The van der Waals surface area contributed by atoms with E-state index in [-0.39, 0.29) is 38.0 Å². The van der Waals surface area contributed by atoms with E-state index < -0.39 is 75.6 Å². The van der Waals surface area contributed by atoms with Gasteiger partial charge in [-0.05, 0) is 95.9 Å². The highest BCUT2D eigenvalue weighted by molar-refractivity contribution is 5.96. The molecule has 3 aromatic carbocycles. The Morgan fingerprint density at radius 1 is 0.661 bits per heavy atom. The van der Waals surface area contributed by atoms with Crippen molar-refractivity contribution >= 4 is 41.5 Å². The Bertz CT molecular complexity index is 2110. The van der Waals surface area contributed by atoms with Gasteiger partial charge in [0.25, 0.3) is 0 Å². The van der Waals surface area contributed by atoms with Crippen molar-refractivity contribution in [1.82, 2.24) is 20.4 Å². The lowest BCUT2D eigenvalue weighted by Crippen LogP contribution is -2.61.